The van der Waals surface area contributed by atoms with Crippen LogP contribution < -0.4 is 10.2 Å². The molecule has 2 rings (SSSR count). The topological polar surface area (TPSA) is 65.5 Å². The lowest BCUT2D eigenvalue weighted by atomic mass is 10.1. The van der Waals surface area contributed by atoms with Crippen molar-refractivity contribution in [1.29, 1.82) is 0 Å². The van der Waals surface area contributed by atoms with E-state index in [4.69, 9.17) is 5.11 Å². The Bertz CT molecular complexity index is 626. The lowest BCUT2D eigenvalue weighted by Crippen LogP contribution is -2.14. The SMILES string of the molecule is CN(C)c1ncccc1CNc1cccc(CC(=O)O)c1. The number of hydrogen-bond acceptors (Lipinski definition) is 4. The fourth-order valence-electron chi connectivity index (χ4n) is 2.13. The summed E-state index contributed by atoms with van der Waals surface area (Å²) in [4.78, 5) is 17.1. The van der Waals surface area contributed by atoms with Crippen LogP contribution in [0.15, 0.2) is 42.6 Å². The van der Waals surface area contributed by atoms with Gasteiger partial charge in [0.1, 0.15) is 5.82 Å². The summed E-state index contributed by atoms with van der Waals surface area (Å²) < 4.78 is 0. The summed E-state index contributed by atoms with van der Waals surface area (Å²) in [6, 6.07) is 11.4. The molecule has 0 aliphatic rings. The second-order valence-electron chi connectivity index (χ2n) is 5.01. The Labute approximate surface area is 124 Å². The van der Waals surface area contributed by atoms with Gasteiger partial charge in [0.15, 0.2) is 0 Å². The molecule has 0 aliphatic heterocycles. The van der Waals surface area contributed by atoms with Gasteiger partial charge in [-0.1, -0.05) is 18.2 Å². The van der Waals surface area contributed by atoms with Crippen LogP contribution in [0.1, 0.15) is 11.1 Å². The molecule has 0 fully saturated rings. The maximum absolute atomic E-state index is 10.7. The molecule has 0 unspecified atom stereocenters. The Morgan fingerprint density at radius 1 is 1.29 bits per heavy atom. The number of rotatable bonds is 6. The zero-order valence-electron chi connectivity index (χ0n) is 12.2. The minimum absolute atomic E-state index is 0.0331. The highest BCUT2D eigenvalue weighted by molar-refractivity contribution is 5.70. The summed E-state index contributed by atoms with van der Waals surface area (Å²) in [6.07, 6.45) is 1.80. The molecule has 1 aromatic carbocycles. The van der Waals surface area contributed by atoms with Crippen molar-refractivity contribution < 1.29 is 9.90 Å². The Kier molecular flexibility index (Phi) is 4.77. The van der Waals surface area contributed by atoms with E-state index in [1.807, 2.05) is 55.4 Å². The minimum Gasteiger partial charge on any atom is -0.481 e. The summed E-state index contributed by atoms with van der Waals surface area (Å²) in [5.74, 6) is 0.0981. The number of pyridine rings is 1. The van der Waals surface area contributed by atoms with Crippen LogP contribution in [0.5, 0.6) is 0 Å². The molecule has 5 heteroatoms. The molecule has 2 aromatic rings. The third-order valence-electron chi connectivity index (χ3n) is 3.06. The van der Waals surface area contributed by atoms with Crippen LogP contribution in [-0.2, 0) is 17.8 Å². The van der Waals surface area contributed by atoms with E-state index < -0.39 is 5.97 Å². The molecule has 0 bridgehead atoms. The molecule has 110 valence electrons. The lowest BCUT2D eigenvalue weighted by Gasteiger charge is -2.16. The van der Waals surface area contributed by atoms with E-state index in [0.717, 1.165) is 22.6 Å². The molecule has 0 aliphatic carbocycles. The van der Waals surface area contributed by atoms with Crippen molar-refractivity contribution in [2.75, 3.05) is 24.3 Å². The Morgan fingerprint density at radius 2 is 2.10 bits per heavy atom. The lowest BCUT2D eigenvalue weighted by molar-refractivity contribution is -0.136. The number of aromatic nitrogens is 1. The first-order valence-electron chi connectivity index (χ1n) is 6.72. The monoisotopic (exact) mass is 285 g/mol. The fourth-order valence-corrected chi connectivity index (χ4v) is 2.13. The summed E-state index contributed by atoms with van der Waals surface area (Å²) in [5, 5.41) is 12.1. The molecule has 0 saturated carbocycles. The van der Waals surface area contributed by atoms with Gasteiger partial charge in [-0.05, 0) is 23.8 Å². The average molecular weight is 285 g/mol. The van der Waals surface area contributed by atoms with Gasteiger partial charge >= 0.3 is 5.97 Å². The van der Waals surface area contributed by atoms with Gasteiger partial charge < -0.3 is 15.3 Å². The number of nitrogens with zero attached hydrogens (tertiary/aromatic N) is 2. The molecule has 1 heterocycles. The van der Waals surface area contributed by atoms with Crippen molar-refractivity contribution in [3.8, 4) is 0 Å². The van der Waals surface area contributed by atoms with Gasteiger partial charge in [-0.2, -0.15) is 0 Å². The van der Waals surface area contributed by atoms with Crippen LogP contribution in [0.2, 0.25) is 0 Å². The van der Waals surface area contributed by atoms with Crippen molar-refractivity contribution in [3.05, 3.63) is 53.7 Å². The number of anilines is 2. The number of benzene rings is 1. The van der Waals surface area contributed by atoms with E-state index in [2.05, 4.69) is 10.3 Å². The molecule has 0 amide bonds. The maximum Gasteiger partial charge on any atom is 0.307 e. The third-order valence-corrected chi connectivity index (χ3v) is 3.06. The Morgan fingerprint density at radius 3 is 2.81 bits per heavy atom. The number of aliphatic carboxylic acids is 1. The highest BCUT2D eigenvalue weighted by Gasteiger charge is 2.06. The van der Waals surface area contributed by atoms with Crippen molar-refractivity contribution in [3.63, 3.8) is 0 Å². The van der Waals surface area contributed by atoms with Crippen molar-refractivity contribution >= 4 is 17.5 Å². The fraction of sp³-hybridized carbons (Fsp3) is 0.250. The zero-order valence-corrected chi connectivity index (χ0v) is 12.2. The summed E-state index contributed by atoms with van der Waals surface area (Å²) >= 11 is 0. The summed E-state index contributed by atoms with van der Waals surface area (Å²) in [6.45, 7) is 0.637. The van der Waals surface area contributed by atoms with Crippen molar-refractivity contribution in [2.45, 2.75) is 13.0 Å². The summed E-state index contributed by atoms with van der Waals surface area (Å²) in [7, 11) is 3.92. The van der Waals surface area contributed by atoms with Crippen LogP contribution in [0, 0.1) is 0 Å². The standard InChI is InChI=1S/C16H19N3O2/c1-19(2)16-13(6-4-8-17-16)11-18-14-7-3-5-12(9-14)10-15(20)21/h3-9,18H,10-11H2,1-2H3,(H,20,21). The largest absolute Gasteiger partial charge is 0.481 e. The van der Waals surface area contributed by atoms with Gasteiger partial charge in [0.2, 0.25) is 0 Å². The predicted octanol–water partition coefficient (Wildman–Crippen LogP) is 2.39. The molecular weight excluding hydrogens is 266 g/mol. The number of carbonyl (C=O) groups is 1. The molecule has 0 spiro atoms. The molecule has 0 saturated heterocycles. The van der Waals surface area contributed by atoms with Gasteiger partial charge in [-0.15, -0.1) is 0 Å². The highest BCUT2D eigenvalue weighted by atomic mass is 16.4. The number of hydrogen-bond donors (Lipinski definition) is 2. The van der Waals surface area contributed by atoms with Gasteiger partial charge in [0.25, 0.3) is 0 Å². The third kappa shape index (κ3) is 4.21. The smallest absolute Gasteiger partial charge is 0.307 e. The van der Waals surface area contributed by atoms with Crippen LogP contribution >= 0.6 is 0 Å². The number of carboxylic acid groups (broad SMARTS) is 1. The maximum atomic E-state index is 10.7. The molecule has 2 N–H and O–H groups in total. The normalized spacial score (nSPS) is 10.2. The van der Waals surface area contributed by atoms with Crippen molar-refractivity contribution in [1.82, 2.24) is 4.98 Å². The quantitative estimate of drug-likeness (QED) is 0.853. The van der Waals surface area contributed by atoms with Crippen LogP contribution in [0.3, 0.4) is 0 Å². The second kappa shape index (κ2) is 6.74. The zero-order chi connectivity index (χ0) is 15.2. The molecule has 0 radical (unpaired) electrons. The van der Waals surface area contributed by atoms with Crippen molar-refractivity contribution in [2.24, 2.45) is 0 Å². The molecule has 0 atom stereocenters. The second-order valence-corrected chi connectivity index (χ2v) is 5.01. The molecule has 5 nitrogen and oxygen atoms in total. The first kappa shape index (κ1) is 14.8. The van der Waals surface area contributed by atoms with Gasteiger partial charge in [-0.25, -0.2) is 4.98 Å². The van der Waals surface area contributed by atoms with Gasteiger partial charge in [-0.3, -0.25) is 4.79 Å². The minimum atomic E-state index is -0.825. The van der Waals surface area contributed by atoms with E-state index in [1.54, 1.807) is 6.20 Å². The first-order valence-corrected chi connectivity index (χ1v) is 6.72. The molecular formula is C16H19N3O2. The molecule has 21 heavy (non-hydrogen) atoms. The highest BCUT2D eigenvalue weighted by Crippen LogP contribution is 2.17. The predicted molar refractivity (Wildman–Crippen MR) is 83.7 cm³/mol. The van der Waals surface area contributed by atoms with E-state index in [0.29, 0.717) is 6.54 Å². The van der Waals surface area contributed by atoms with E-state index >= 15 is 0 Å². The molecule has 1 aromatic heterocycles. The van der Waals surface area contributed by atoms with Gasteiger partial charge in [0, 0.05) is 38.1 Å². The Balaban J connectivity index is 2.08. The van der Waals surface area contributed by atoms with E-state index in [9.17, 15) is 4.79 Å². The van der Waals surface area contributed by atoms with Crippen LogP contribution in [0.4, 0.5) is 11.5 Å². The van der Waals surface area contributed by atoms with Gasteiger partial charge in [0.05, 0.1) is 6.42 Å². The first-order chi connectivity index (χ1) is 10.1. The summed E-state index contributed by atoms with van der Waals surface area (Å²) in [5.41, 5.74) is 2.78. The number of carboxylic acids is 1. The van der Waals surface area contributed by atoms with Crippen LogP contribution in [-0.4, -0.2) is 30.2 Å². The number of nitrogens with one attached hydrogen (secondary N) is 1. The average Bonchev–Trinajstić information content (AvgIpc) is 2.45. The van der Waals surface area contributed by atoms with E-state index in [1.165, 1.54) is 0 Å². The van der Waals surface area contributed by atoms with E-state index in [-0.39, 0.29) is 6.42 Å². The Hall–Kier alpha value is -2.56. The van der Waals surface area contributed by atoms with Crippen LogP contribution in [0.25, 0.3) is 0 Å².